The van der Waals surface area contributed by atoms with Gasteiger partial charge in [0.1, 0.15) is 23.1 Å². The van der Waals surface area contributed by atoms with Crippen LogP contribution in [-0.2, 0) is 0 Å². The monoisotopic (exact) mass is 495 g/mol. The van der Waals surface area contributed by atoms with Gasteiger partial charge in [0.05, 0.1) is 31.2 Å². The van der Waals surface area contributed by atoms with Crippen LogP contribution in [0.4, 0.5) is 11.4 Å². The van der Waals surface area contributed by atoms with E-state index < -0.39 is 0 Å². The Kier molecular flexibility index (Phi) is 7.33. The van der Waals surface area contributed by atoms with E-state index in [1.54, 1.807) is 25.7 Å². The number of methoxy groups -OCH3 is 1. The SMILES string of the molecule is COc1c(OCC2CCN(C)CC2)ccc2c(Nc3ccc(Oc4cccnc4)cc3)c(C#N)cnc12. The van der Waals surface area contributed by atoms with Crippen molar-refractivity contribution in [3.8, 4) is 29.1 Å². The summed E-state index contributed by atoms with van der Waals surface area (Å²) in [6.45, 7) is 2.82. The molecule has 0 unspecified atom stereocenters. The van der Waals surface area contributed by atoms with Crippen molar-refractivity contribution in [1.82, 2.24) is 14.9 Å². The van der Waals surface area contributed by atoms with Gasteiger partial charge in [-0.15, -0.1) is 0 Å². The Labute approximate surface area is 216 Å². The minimum atomic E-state index is 0.435. The minimum Gasteiger partial charge on any atom is -0.491 e. The molecule has 1 aliphatic rings. The number of ether oxygens (including phenoxy) is 3. The van der Waals surface area contributed by atoms with Gasteiger partial charge < -0.3 is 24.4 Å². The van der Waals surface area contributed by atoms with Crippen molar-refractivity contribution in [2.75, 3.05) is 39.2 Å². The number of anilines is 2. The van der Waals surface area contributed by atoms with Gasteiger partial charge in [-0.1, -0.05) is 0 Å². The summed E-state index contributed by atoms with van der Waals surface area (Å²) in [7, 11) is 3.77. The second kappa shape index (κ2) is 11.1. The number of nitrogens with one attached hydrogen (secondary N) is 1. The van der Waals surface area contributed by atoms with Gasteiger partial charge in [-0.3, -0.25) is 9.97 Å². The standard InChI is InChI=1S/C29H29N5O3/c1-34-14-11-20(12-15-34)19-36-26-10-9-25-27(21(16-30)17-32-28(25)29(26)35-2)33-22-5-7-23(8-6-22)37-24-4-3-13-31-18-24/h3-10,13,17-18,20H,11-12,14-15,19H2,1-2H3,(H,32,33). The van der Waals surface area contributed by atoms with E-state index in [0.717, 1.165) is 37.0 Å². The van der Waals surface area contributed by atoms with Crippen LogP contribution in [0.15, 0.2) is 67.1 Å². The van der Waals surface area contributed by atoms with Crippen LogP contribution >= 0.6 is 0 Å². The average Bonchev–Trinajstić information content (AvgIpc) is 2.94. The molecule has 2 aromatic carbocycles. The number of nitriles is 1. The van der Waals surface area contributed by atoms with E-state index in [1.807, 2.05) is 48.5 Å². The van der Waals surface area contributed by atoms with Crippen LogP contribution < -0.4 is 19.5 Å². The molecule has 2 aromatic heterocycles. The Morgan fingerprint density at radius 2 is 1.86 bits per heavy atom. The maximum atomic E-state index is 9.78. The van der Waals surface area contributed by atoms with Crippen molar-refractivity contribution in [2.45, 2.75) is 12.8 Å². The Bertz CT molecular complexity index is 1400. The van der Waals surface area contributed by atoms with Crippen molar-refractivity contribution in [2.24, 2.45) is 5.92 Å². The van der Waals surface area contributed by atoms with Crippen LogP contribution in [0.25, 0.3) is 10.9 Å². The average molecular weight is 496 g/mol. The Morgan fingerprint density at radius 3 is 2.57 bits per heavy atom. The lowest BCUT2D eigenvalue weighted by Gasteiger charge is -2.29. The smallest absolute Gasteiger partial charge is 0.187 e. The summed E-state index contributed by atoms with van der Waals surface area (Å²) in [5.41, 5.74) is 2.55. The molecule has 0 radical (unpaired) electrons. The second-order valence-electron chi connectivity index (χ2n) is 9.15. The van der Waals surface area contributed by atoms with E-state index in [2.05, 4.69) is 33.3 Å². The quantitative estimate of drug-likeness (QED) is 0.330. The number of fused-ring (bicyclic) bond motifs is 1. The molecule has 1 fully saturated rings. The molecule has 0 saturated carbocycles. The molecular weight excluding hydrogens is 466 g/mol. The Morgan fingerprint density at radius 1 is 1.05 bits per heavy atom. The molecule has 3 heterocycles. The van der Waals surface area contributed by atoms with E-state index in [0.29, 0.717) is 52.3 Å². The zero-order chi connectivity index (χ0) is 25.6. The van der Waals surface area contributed by atoms with Gasteiger partial charge in [-0.25, -0.2) is 0 Å². The Balaban J connectivity index is 1.38. The van der Waals surface area contributed by atoms with Crippen LogP contribution in [-0.4, -0.2) is 48.7 Å². The largest absolute Gasteiger partial charge is 0.491 e. The first-order chi connectivity index (χ1) is 18.1. The molecule has 1 saturated heterocycles. The first-order valence-electron chi connectivity index (χ1n) is 12.3. The molecule has 0 spiro atoms. The molecule has 8 heteroatoms. The highest BCUT2D eigenvalue weighted by molar-refractivity contribution is 5.99. The number of piperidine rings is 1. The summed E-state index contributed by atoms with van der Waals surface area (Å²) in [4.78, 5) is 11.0. The van der Waals surface area contributed by atoms with Gasteiger partial charge in [-0.05, 0) is 87.4 Å². The van der Waals surface area contributed by atoms with Crippen LogP contribution in [0.5, 0.6) is 23.0 Å². The van der Waals surface area contributed by atoms with Crippen molar-refractivity contribution >= 4 is 22.3 Å². The minimum absolute atomic E-state index is 0.435. The topological polar surface area (TPSA) is 92.5 Å². The first kappa shape index (κ1) is 24.3. The molecule has 8 nitrogen and oxygen atoms in total. The molecule has 1 N–H and O–H groups in total. The number of likely N-dealkylation sites (tertiary alicyclic amines) is 1. The summed E-state index contributed by atoms with van der Waals surface area (Å²) < 4.78 is 17.8. The number of rotatable bonds is 8. The maximum absolute atomic E-state index is 9.78. The Hall–Kier alpha value is -4.35. The van der Waals surface area contributed by atoms with Crippen LogP contribution in [0.2, 0.25) is 0 Å². The molecular formula is C29H29N5O3. The van der Waals surface area contributed by atoms with Crippen LogP contribution in [0, 0.1) is 17.2 Å². The third-order valence-corrected chi connectivity index (χ3v) is 6.59. The summed E-state index contributed by atoms with van der Waals surface area (Å²) in [5.74, 6) is 3.10. The lowest BCUT2D eigenvalue weighted by atomic mass is 9.98. The summed E-state index contributed by atoms with van der Waals surface area (Å²) in [5, 5.41) is 13.9. The molecule has 1 aliphatic heterocycles. The van der Waals surface area contributed by atoms with Crippen molar-refractivity contribution < 1.29 is 14.2 Å². The number of hydrogen-bond donors (Lipinski definition) is 1. The number of hydrogen-bond acceptors (Lipinski definition) is 8. The lowest BCUT2D eigenvalue weighted by Crippen LogP contribution is -2.32. The fourth-order valence-electron chi connectivity index (χ4n) is 4.48. The van der Waals surface area contributed by atoms with E-state index in [-0.39, 0.29) is 0 Å². The van der Waals surface area contributed by atoms with Gasteiger partial charge in [0.2, 0.25) is 0 Å². The summed E-state index contributed by atoms with van der Waals surface area (Å²) >= 11 is 0. The van der Waals surface area contributed by atoms with E-state index in [9.17, 15) is 5.26 Å². The zero-order valence-electron chi connectivity index (χ0n) is 21.0. The van der Waals surface area contributed by atoms with Gasteiger partial charge in [0.25, 0.3) is 0 Å². The van der Waals surface area contributed by atoms with Gasteiger partial charge in [-0.2, -0.15) is 5.26 Å². The second-order valence-corrected chi connectivity index (χ2v) is 9.15. The predicted molar refractivity (Wildman–Crippen MR) is 143 cm³/mol. The molecule has 0 atom stereocenters. The number of pyridine rings is 2. The highest BCUT2D eigenvalue weighted by Crippen LogP contribution is 2.39. The van der Waals surface area contributed by atoms with Gasteiger partial charge in [0, 0.05) is 23.5 Å². The summed E-state index contributed by atoms with van der Waals surface area (Å²) in [6, 6.07) is 17.3. The maximum Gasteiger partial charge on any atom is 0.187 e. The van der Waals surface area contributed by atoms with Crippen molar-refractivity contribution in [3.63, 3.8) is 0 Å². The van der Waals surface area contributed by atoms with E-state index >= 15 is 0 Å². The molecule has 0 amide bonds. The number of nitrogens with zero attached hydrogens (tertiary/aromatic N) is 4. The van der Waals surface area contributed by atoms with E-state index in [4.69, 9.17) is 14.2 Å². The molecule has 4 aromatic rings. The highest BCUT2D eigenvalue weighted by atomic mass is 16.5. The lowest BCUT2D eigenvalue weighted by molar-refractivity contribution is 0.157. The molecule has 0 bridgehead atoms. The predicted octanol–water partition coefficient (Wildman–Crippen LogP) is 5.77. The molecule has 188 valence electrons. The first-order valence-corrected chi connectivity index (χ1v) is 12.3. The van der Waals surface area contributed by atoms with Crippen LogP contribution in [0.1, 0.15) is 18.4 Å². The number of aromatic nitrogens is 2. The van der Waals surface area contributed by atoms with Gasteiger partial charge >= 0.3 is 0 Å². The molecule has 37 heavy (non-hydrogen) atoms. The third kappa shape index (κ3) is 5.57. The fraction of sp³-hybridized carbons (Fsp3) is 0.276. The molecule has 5 rings (SSSR count). The molecule has 0 aliphatic carbocycles. The fourth-order valence-corrected chi connectivity index (χ4v) is 4.48. The van der Waals surface area contributed by atoms with Crippen molar-refractivity contribution in [3.05, 3.63) is 72.7 Å². The summed E-state index contributed by atoms with van der Waals surface area (Å²) in [6.07, 6.45) is 7.17. The van der Waals surface area contributed by atoms with E-state index in [1.165, 1.54) is 0 Å². The van der Waals surface area contributed by atoms with Crippen molar-refractivity contribution in [1.29, 1.82) is 5.26 Å². The zero-order valence-corrected chi connectivity index (χ0v) is 21.0. The third-order valence-electron chi connectivity index (χ3n) is 6.59. The normalized spacial score (nSPS) is 14.2. The highest BCUT2D eigenvalue weighted by Gasteiger charge is 2.20. The number of benzene rings is 2. The van der Waals surface area contributed by atoms with Gasteiger partial charge in [0.15, 0.2) is 11.5 Å². The van der Waals surface area contributed by atoms with Crippen LogP contribution in [0.3, 0.4) is 0 Å².